The van der Waals surface area contributed by atoms with Gasteiger partial charge in [-0.15, -0.1) is 0 Å². The minimum Gasteiger partial charge on any atom is -0.497 e. The molecular weight excluding hydrogens is 322 g/mol. The minimum atomic E-state index is -0.268. The van der Waals surface area contributed by atoms with Crippen LogP contribution < -0.4 is 20.3 Å². The molecule has 1 aromatic carbocycles. The van der Waals surface area contributed by atoms with Crippen LogP contribution in [0.25, 0.3) is 0 Å². The monoisotopic (exact) mass is 343 g/mol. The molecule has 1 aromatic heterocycles. The molecule has 0 unspecified atom stereocenters. The third-order valence-corrected chi connectivity index (χ3v) is 4.19. The van der Waals surface area contributed by atoms with Crippen molar-refractivity contribution >= 4 is 5.91 Å². The van der Waals surface area contributed by atoms with E-state index in [2.05, 4.69) is 10.3 Å². The van der Waals surface area contributed by atoms with Crippen molar-refractivity contribution in [3.05, 3.63) is 52.2 Å². The van der Waals surface area contributed by atoms with Crippen molar-refractivity contribution in [2.24, 2.45) is 0 Å². The zero-order chi connectivity index (χ0) is 17.8. The summed E-state index contributed by atoms with van der Waals surface area (Å²) in [6.45, 7) is 0.680. The number of aromatic nitrogens is 2. The van der Waals surface area contributed by atoms with Crippen molar-refractivity contribution < 1.29 is 14.3 Å². The van der Waals surface area contributed by atoms with E-state index in [9.17, 15) is 9.59 Å². The van der Waals surface area contributed by atoms with Gasteiger partial charge >= 0.3 is 0 Å². The van der Waals surface area contributed by atoms with Crippen molar-refractivity contribution in [1.29, 1.82) is 0 Å². The van der Waals surface area contributed by atoms with Crippen molar-refractivity contribution in [2.75, 3.05) is 20.8 Å². The Kier molecular flexibility index (Phi) is 5.02. The number of hydrogen-bond donors (Lipinski definition) is 1. The van der Waals surface area contributed by atoms with Gasteiger partial charge < -0.3 is 14.8 Å². The molecule has 25 heavy (non-hydrogen) atoms. The van der Waals surface area contributed by atoms with Gasteiger partial charge in [-0.25, -0.2) is 4.98 Å². The summed E-state index contributed by atoms with van der Waals surface area (Å²) >= 11 is 0. The van der Waals surface area contributed by atoms with Crippen molar-refractivity contribution in [3.8, 4) is 11.5 Å². The largest absolute Gasteiger partial charge is 0.497 e. The van der Waals surface area contributed by atoms with Crippen LogP contribution in [-0.4, -0.2) is 36.2 Å². The summed E-state index contributed by atoms with van der Waals surface area (Å²) in [7, 11) is 3.05. The highest BCUT2D eigenvalue weighted by molar-refractivity contribution is 5.97. The van der Waals surface area contributed by atoms with E-state index in [-0.39, 0.29) is 11.5 Å². The maximum Gasteiger partial charge on any atom is 0.255 e. The summed E-state index contributed by atoms with van der Waals surface area (Å²) < 4.78 is 11.8. The molecule has 1 aliphatic carbocycles. The summed E-state index contributed by atoms with van der Waals surface area (Å²) in [5.74, 6) is 1.23. The van der Waals surface area contributed by atoms with E-state index < -0.39 is 0 Å². The molecule has 0 radical (unpaired) electrons. The molecule has 1 heterocycles. The molecule has 0 bridgehead atoms. The van der Waals surface area contributed by atoms with Crippen LogP contribution in [-0.2, 0) is 6.54 Å². The third-order valence-electron chi connectivity index (χ3n) is 4.19. The number of amides is 1. The highest BCUT2D eigenvalue weighted by Crippen LogP contribution is 2.38. The van der Waals surface area contributed by atoms with Gasteiger partial charge in [-0.2, -0.15) is 0 Å². The lowest BCUT2D eigenvalue weighted by Crippen LogP contribution is -2.31. The molecule has 2 aromatic rings. The lowest BCUT2D eigenvalue weighted by Gasteiger charge is -2.11. The summed E-state index contributed by atoms with van der Waals surface area (Å²) in [5, 5.41) is 2.79. The number of hydrogen-bond acceptors (Lipinski definition) is 5. The topological polar surface area (TPSA) is 82.5 Å². The van der Waals surface area contributed by atoms with Gasteiger partial charge in [0.05, 0.1) is 31.8 Å². The second-order valence-electron chi connectivity index (χ2n) is 5.94. The Bertz CT molecular complexity index is 827. The number of nitrogens with zero attached hydrogens (tertiary/aromatic N) is 2. The normalized spacial score (nSPS) is 13.4. The molecular formula is C18H21N3O4. The van der Waals surface area contributed by atoms with Crippen molar-refractivity contribution in [1.82, 2.24) is 14.9 Å². The van der Waals surface area contributed by atoms with Crippen LogP contribution in [0, 0.1) is 0 Å². The molecule has 0 aliphatic heterocycles. The molecule has 7 nitrogen and oxygen atoms in total. The molecule has 0 spiro atoms. The Morgan fingerprint density at radius 1 is 1.28 bits per heavy atom. The van der Waals surface area contributed by atoms with Gasteiger partial charge in [0, 0.05) is 31.1 Å². The Labute approximate surface area is 145 Å². The first-order valence-corrected chi connectivity index (χ1v) is 8.19. The third kappa shape index (κ3) is 3.99. The van der Waals surface area contributed by atoms with Crippen molar-refractivity contribution in [3.63, 3.8) is 0 Å². The molecule has 0 atom stereocenters. The van der Waals surface area contributed by atoms with Gasteiger partial charge in [-0.3, -0.25) is 14.2 Å². The number of carbonyl (C=O) groups excluding carboxylic acids is 1. The molecule has 7 heteroatoms. The average Bonchev–Trinajstić information content (AvgIpc) is 3.47. The second kappa shape index (κ2) is 7.38. The summed E-state index contributed by atoms with van der Waals surface area (Å²) in [6, 6.07) is 6.58. The molecule has 1 aliphatic rings. The van der Waals surface area contributed by atoms with Crippen LogP contribution in [0.5, 0.6) is 11.5 Å². The SMILES string of the molecule is COc1ccc(C(=O)NCCn2cnc(C3CC3)cc2=O)c(OC)c1. The summed E-state index contributed by atoms with van der Waals surface area (Å²) in [5.41, 5.74) is 1.19. The number of benzene rings is 1. The average molecular weight is 343 g/mol. The van der Waals surface area contributed by atoms with Gasteiger partial charge in [0.25, 0.3) is 11.5 Å². The fraction of sp³-hybridized carbons (Fsp3) is 0.389. The van der Waals surface area contributed by atoms with Gasteiger partial charge in [-0.05, 0) is 25.0 Å². The van der Waals surface area contributed by atoms with Gasteiger partial charge in [-0.1, -0.05) is 0 Å². The number of nitrogens with one attached hydrogen (secondary N) is 1. The Balaban J connectivity index is 1.60. The molecule has 0 saturated heterocycles. The summed E-state index contributed by atoms with van der Waals surface area (Å²) in [4.78, 5) is 28.7. The molecule has 132 valence electrons. The Morgan fingerprint density at radius 3 is 2.72 bits per heavy atom. The number of carbonyl (C=O) groups is 1. The van der Waals surface area contributed by atoms with Gasteiger partial charge in [0.2, 0.25) is 0 Å². The van der Waals surface area contributed by atoms with Gasteiger partial charge in [0.15, 0.2) is 0 Å². The van der Waals surface area contributed by atoms with E-state index in [1.165, 1.54) is 11.7 Å². The van der Waals surface area contributed by atoms with Crippen LogP contribution in [0.4, 0.5) is 0 Å². The fourth-order valence-corrected chi connectivity index (χ4v) is 2.58. The predicted octanol–water partition coefficient (Wildman–Crippen LogP) is 1.57. The zero-order valence-corrected chi connectivity index (χ0v) is 14.3. The first kappa shape index (κ1) is 17.0. The second-order valence-corrected chi connectivity index (χ2v) is 5.94. The van der Waals surface area contributed by atoms with Gasteiger partial charge in [0.1, 0.15) is 11.5 Å². The standard InChI is InChI=1S/C18H21N3O4/c1-24-13-5-6-14(16(9-13)25-2)18(23)19-7-8-21-11-20-15(10-17(21)22)12-3-4-12/h5-6,9-12H,3-4,7-8H2,1-2H3,(H,19,23). The molecule has 1 fully saturated rings. The van der Waals surface area contributed by atoms with Crippen LogP contribution in [0.3, 0.4) is 0 Å². The number of methoxy groups -OCH3 is 2. The predicted molar refractivity (Wildman–Crippen MR) is 92.4 cm³/mol. The fourth-order valence-electron chi connectivity index (χ4n) is 2.58. The molecule has 1 saturated carbocycles. The van der Waals surface area contributed by atoms with E-state index in [0.717, 1.165) is 18.5 Å². The lowest BCUT2D eigenvalue weighted by molar-refractivity contribution is 0.0949. The van der Waals surface area contributed by atoms with E-state index in [1.54, 1.807) is 37.7 Å². The Hall–Kier alpha value is -2.83. The zero-order valence-electron chi connectivity index (χ0n) is 14.3. The number of rotatable bonds is 7. The van der Waals surface area contributed by atoms with Crippen LogP contribution in [0.15, 0.2) is 35.4 Å². The van der Waals surface area contributed by atoms with Crippen LogP contribution in [0.1, 0.15) is 34.8 Å². The Morgan fingerprint density at radius 2 is 2.08 bits per heavy atom. The summed E-state index contributed by atoms with van der Waals surface area (Å²) in [6.07, 6.45) is 3.77. The maximum atomic E-state index is 12.3. The number of ether oxygens (including phenoxy) is 2. The maximum absolute atomic E-state index is 12.3. The van der Waals surface area contributed by atoms with E-state index in [0.29, 0.717) is 36.1 Å². The van der Waals surface area contributed by atoms with Crippen molar-refractivity contribution in [2.45, 2.75) is 25.3 Å². The lowest BCUT2D eigenvalue weighted by atomic mass is 10.1. The molecule has 1 amide bonds. The quantitative estimate of drug-likeness (QED) is 0.825. The van der Waals surface area contributed by atoms with E-state index in [4.69, 9.17) is 9.47 Å². The smallest absolute Gasteiger partial charge is 0.255 e. The highest BCUT2D eigenvalue weighted by atomic mass is 16.5. The minimum absolute atomic E-state index is 0.0897. The van der Waals surface area contributed by atoms with Crippen LogP contribution >= 0.6 is 0 Å². The molecule has 3 rings (SSSR count). The molecule has 1 N–H and O–H groups in total. The van der Waals surface area contributed by atoms with Crippen LogP contribution in [0.2, 0.25) is 0 Å². The first-order chi connectivity index (χ1) is 12.1. The highest BCUT2D eigenvalue weighted by Gasteiger charge is 2.25. The van der Waals surface area contributed by atoms with E-state index >= 15 is 0 Å². The first-order valence-electron chi connectivity index (χ1n) is 8.19. The van der Waals surface area contributed by atoms with E-state index in [1.807, 2.05) is 0 Å².